The number of hydrogen-bond acceptors (Lipinski definition) is 0. The Hall–Kier alpha value is -0.260. The predicted molar refractivity (Wildman–Crippen MR) is 57.3 cm³/mol. The number of allylic oxidation sites excluding steroid dienone is 2. The molecular formula is C12H24. The molecule has 12 heavy (non-hydrogen) atoms. The number of rotatable bonds is 4. The van der Waals surface area contributed by atoms with Gasteiger partial charge in [0.05, 0.1) is 0 Å². The molecule has 0 nitrogen and oxygen atoms in total. The summed E-state index contributed by atoms with van der Waals surface area (Å²) in [6.07, 6.45) is 4.79. The van der Waals surface area contributed by atoms with Crippen molar-refractivity contribution in [2.24, 2.45) is 11.3 Å². The lowest BCUT2D eigenvalue weighted by molar-refractivity contribution is 0.224. The van der Waals surface area contributed by atoms with Gasteiger partial charge in [-0.25, -0.2) is 0 Å². The molecule has 0 bridgehead atoms. The smallest absolute Gasteiger partial charge is 0.00732 e. The van der Waals surface area contributed by atoms with Gasteiger partial charge in [0.2, 0.25) is 0 Å². The second kappa shape index (κ2) is 4.69. The summed E-state index contributed by atoms with van der Waals surface area (Å²) in [6.45, 7) is 13.7. The van der Waals surface area contributed by atoms with Crippen molar-refractivity contribution in [3.8, 4) is 0 Å². The molecule has 0 N–H and O–H groups in total. The maximum atomic E-state index is 2.33. The maximum absolute atomic E-state index is 2.33. The summed E-state index contributed by atoms with van der Waals surface area (Å²) >= 11 is 0. The third-order valence-electron chi connectivity index (χ3n) is 3.59. The summed E-state index contributed by atoms with van der Waals surface area (Å²) in [7, 11) is 0. The zero-order chi connectivity index (χ0) is 9.78. The van der Waals surface area contributed by atoms with Crippen LogP contribution in [0.25, 0.3) is 0 Å². The van der Waals surface area contributed by atoms with Crippen LogP contribution in [0.5, 0.6) is 0 Å². The van der Waals surface area contributed by atoms with Gasteiger partial charge in [-0.1, -0.05) is 39.3 Å². The Bertz CT molecular complexity index is 147. The standard InChI is InChI=1S/C12H24/c1-7-11(6)12(8-2,9-3)10(4)5/h7,10H,8-9H2,1-6H3/b11-7-. The summed E-state index contributed by atoms with van der Waals surface area (Å²) in [6, 6.07) is 0. The summed E-state index contributed by atoms with van der Waals surface area (Å²) in [5.74, 6) is 0.753. The monoisotopic (exact) mass is 168 g/mol. The van der Waals surface area contributed by atoms with Crippen molar-refractivity contribution in [3.63, 3.8) is 0 Å². The first-order chi connectivity index (χ1) is 5.55. The Morgan fingerprint density at radius 3 is 1.75 bits per heavy atom. The van der Waals surface area contributed by atoms with Crippen LogP contribution in [0.1, 0.15) is 54.4 Å². The van der Waals surface area contributed by atoms with Crippen molar-refractivity contribution in [1.29, 1.82) is 0 Å². The lowest BCUT2D eigenvalue weighted by Gasteiger charge is -2.37. The topological polar surface area (TPSA) is 0 Å². The highest BCUT2D eigenvalue weighted by molar-refractivity contribution is 5.11. The first-order valence-corrected chi connectivity index (χ1v) is 5.18. The van der Waals surface area contributed by atoms with Gasteiger partial charge in [-0.3, -0.25) is 0 Å². The van der Waals surface area contributed by atoms with Gasteiger partial charge < -0.3 is 0 Å². The fourth-order valence-corrected chi connectivity index (χ4v) is 2.37. The minimum atomic E-state index is 0.453. The van der Waals surface area contributed by atoms with Crippen LogP contribution in [-0.2, 0) is 0 Å². The van der Waals surface area contributed by atoms with Crippen LogP contribution >= 0.6 is 0 Å². The van der Waals surface area contributed by atoms with E-state index in [1.807, 2.05) is 0 Å². The highest BCUT2D eigenvalue weighted by Gasteiger charge is 2.30. The van der Waals surface area contributed by atoms with Crippen LogP contribution in [0, 0.1) is 11.3 Å². The van der Waals surface area contributed by atoms with E-state index in [0.717, 1.165) is 5.92 Å². The molecule has 72 valence electrons. The van der Waals surface area contributed by atoms with Crippen molar-refractivity contribution in [2.75, 3.05) is 0 Å². The van der Waals surface area contributed by atoms with Crippen molar-refractivity contribution in [3.05, 3.63) is 11.6 Å². The summed E-state index contributed by atoms with van der Waals surface area (Å²) in [5.41, 5.74) is 2.01. The van der Waals surface area contributed by atoms with Gasteiger partial charge in [-0.2, -0.15) is 0 Å². The molecule has 0 aromatic carbocycles. The van der Waals surface area contributed by atoms with Crippen LogP contribution in [0.2, 0.25) is 0 Å². The van der Waals surface area contributed by atoms with E-state index < -0.39 is 0 Å². The van der Waals surface area contributed by atoms with Crippen LogP contribution in [0.3, 0.4) is 0 Å². The fraction of sp³-hybridized carbons (Fsp3) is 0.833. The molecule has 0 aromatic heterocycles. The summed E-state index contributed by atoms with van der Waals surface area (Å²) in [4.78, 5) is 0. The molecule has 0 spiro atoms. The van der Waals surface area contributed by atoms with E-state index in [-0.39, 0.29) is 0 Å². The molecule has 0 atom stereocenters. The Morgan fingerprint density at radius 1 is 1.25 bits per heavy atom. The third-order valence-corrected chi connectivity index (χ3v) is 3.59. The predicted octanol–water partition coefficient (Wildman–Crippen LogP) is 4.42. The normalized spacial score (nSPS) is 14.1. The van der Waals surface area contributed by atoms with E-state index in [1.54, 1.807) is 5.57 Å². The van der Waals surface area contributed by atoms with E-state index in [4.69, 9.17) is 0 Å². The fourth-order valence-electron chi connectivity index (χ4n) is 2.37. The molecule has 0 aromatic rings. The van der Waals surface area contributed by atoms with Crippen molar-refractivity contribution >= 4 is 0 Å². The molecule has 0 radical (unpaired) electrons. The van der Waals surface area contributed by atoms with Gasteiger partial charge in [0, 0.05) is 0 Å². The summed E-state index contributed by atoms with van der Waals surface area (Å²) < 4.78 is 0. The molecule has 0 fully saturated rings. The molecule has 0 aliphatic carbocycles. The maximum Gasteiger partial charge on any atom is -0.00732 e. The average molecular weight is 168 g/mol. The van der Waals surface area contributed by atoms with Crippen molar-refractivity contribution in [2.45, 2.75) is 54.4 Å². The van der Waals surface area contributed by atoms with E-state index >= 15 is 0 Å². The quantitative estimate of drug-likeness (QED) is 0.545. The first-order valence-electron chi connectivity index (χ1n) is 5.18. The minimum absolute atomic E-state index is 0.453. The molecule has 0 heteroatoms. The van der Waals surface area contributed by atoms with Crippen molar-refractivity contribution in [1.82, 2.24) is 0 Å². The van der Waals surface area contributed by atoms with Crippen LogP contribution < -0.4 is 0 Å². The Labute approximate surface area is 78.1 Å². The second-order valence-corrected chi connectivity index (χ2v) is 3.99. The summed E-state index contributed by atoms with van der Waals surface area (Å²) in [5, 5.41) is 0. The van der Waals surface area contributed by atoms with E-state index in [9.17, 15) is 0 Å². The van der Waals surface area contributed by atoms with Gasteiger partial charge in [0.1, 0.15) is 0 Å². The SMILES string of the molecule is C/C=C(/C)C(CC)(CC)C(C)C. The van der Waals surface area contributed by atoms with Crippen LogP contribution in [0.4, 0.5) is 0 Å². The lowest BCUT2D eigenvalue weighted by atomic mass is 9.68. The molecule has 0 saturated heterocycles. The molecule has 0 aliphatic heterocycles. The Kier molecular flexibility index (Phi) is 4.59. The molecule has 0 amide bonds. The van der Waals surface area contributed by atoms with E-state index in [1.165, 1.54) is 12.8 Å². The molecule has 0 aliphatic rings. The zero-order valence-corrected chi connectivity index (χ0v) is 9.57. The van der Waals surface area contributed by atoms with Crippen molar-refractivity contribution < 1.29 is 0 Å². The van der Waals surface area contributed by atoms with Gasteiger partial charge in [-0.15, -0.1) is 0 Å². The molecule has 0 heterocycles. The lowest BCUT2D eigenvalue weighted by Crippen LogP contribution is -2.27. The first kappa shape index (κ1) is 11.7. The molecule has 0 unspecified atom stereocenters. The van der Waals surface area contributed by atoms with Gasteiger partial charge >= 0.3 is 0 Å². The largest absolute Gasteiger partial charge is 0.0882 e. The highest BCUT2D eigenvalue weighted by atomic mass is 14.4. The second-order valence-electron chi connectivity index (χ2n) is 3.99. The molecule has 0 rings (SSSR count). The zero-order valence-electron chi connectivity index (χ0n) is 9.57. The van der Waals surface area contributed by atoms with Crippen LogP contribution in [-0.4, -0.2) is 0 Å². The van der Waals surface area contributed by atoms with Gasteiger partial charge in [0.25, 0.3) is 0 Å². The Balaban J connectivity index is 4.82. The average Bonchev–Trinajstić information content (AvgIpc) is 2.06. The van der Waals surface area contributed by atoms with Crippen LogP contribution in [0.15, 0.2) is 11.6 Å². The third kappa shape index (κ3) is 1.91. The Morgan fingerprint density at radius 2 is 1.67 bits per heavy atom. The molecular weight excluding hydrogens is 144 g/mol. The minimum Gasteiger partial charge on any atom is -0.0882 e. The molecule has 0 saturated carbocycles. The highest BCUT2D eigenvalue weighted by Crippen LogP contribution is 2.41. The van der Waals surface area contributed by atoms with Gasteiger partial charge in [-0.05, 0) is 38.0 Å². The van der Waals surface area contributed by atoms with E-state index in [0.29, 0.717) is 5.41 Å². The van der Waals surface area contributed by atoms with Gasteiger partial charge in [0.15, 0.2) is 0 Å². The number of hydrogen-bond donors (Lipinski definition) is 0. The van der Waals surface area contributed by atoms with E-state index in [2.05, 4.69) is 47.6 Å².